The van der Waals surface area contributed by atoms with Crippen LogP contribution in [0.3, 0.4) is 0 Å². The van der Waals surface area contributed by atoms with E-state index in [9.17, 15) is 4.79 Å². The molecule has 1 atom stereocenters. The Morgan fingerprint density at radius 2 is 2.27 bits per heavy atom. The van der Waals surface area contributed by atoms with Crippen LogP contribution in [0.4, 0.5) is 0 Å². The van der Waals surface area contributed by atoms with Crippen molar-refractivity contribution in [1.82, 2.24) is 14.5 Å². The molecule has 5 nitrogen and oxygen atoms in total. The topological polar surface area (TPSA) is 50.5 Å². The summed E-state index contributed by atoms with van der Waals surface area (Å²) in [4.78, 5) is 24.2. The van der Waals surface area contributed by atoms with Crippen LogP contribution in [-0.4, -0.2) is 40.3 Å². The zero-order valence-corrected chi connectivity index (χ0v) is 15.8. The first-order valence-corrected chi connectivity index (χ1v) is 8.96. The maximum atomic E-state index is 12.9. The second-order valence-corrected chi connectivity index (χ2v) is 6.59. The Kier molecular flexibility index (Phi) is 5.34. The minimum Gasteiger partial charge on any atom is -0.297 e. The Morgan fingerprint density at radius 1 is 1.46 bits per heavy atom. The van der Waals surface area contributed by atoms with Crippen LogP contribution in [0, 0.1) is 11.8 Å². The van der Waals surface area contributed by atoms with Gasteiger partial charge in [-0.2, -0.15) is 0 Å². The van der Waals surface area contributed by atoms with Gasteiger partial charge in [-0.05, 0) is 58.0 Å². The second-order valence-electron chi connectivity index (χ2n) is 6.59. The van der Waals surface area contributed by atoms with Gasteiger partial charge in [0.15, 0.2) is 0 Å². The molecule has 2 heterocycles. The maximum absolute atomic E-state index is 12.9. The molecule has 1 aliphatic heterocycles. The molecule has 2 aromatic rings. The van der Waals surface area contributed by atoms with E-state index in [4.69, 9.17) is 4.98 Å². The molecule has 5 heteroatoms. The second kappa shape index (κ2) is 7.67. The summed E-state index contributed by atoms with van der Waals surface area (Å²) < 4.78 is 1.83. The molecule has 1 aromatic heterocycles. The summed E-state index contributed by atoms with van der Waals surface area (Å²) in [5.74, 6) is 7.04. The highest BCUT2D eigenvalue weighted by atomic mass is 16.1. The predicted molar refractivity (Wildman–Crippen MR) is 107 cm³/mol. The molecule has 134 valence electrons. The number of benzene rings is 1. The average molecular weight is 348 g/mol. The zero-order chi connectivity index (χ0) is 18.7. The third kappa shape index (κ3) is 3.61. The number of fused-ring (bicyclic) bond motifs is 2. The summed E-state index contributed by atoms with van der Waals surface area (Å²) in [7, 11) is 2.05. The van der Waals surface area contributed by atoms with E-state index < -0.39 is 0 Å². The molecule has 1 aromatic carbocycles. The van der Waals surface area contributed by atoms with Crippen molar-refractivity contribution in [2.24, 2.45) is 4.99 Å². The van der Waals surface area contributed by atoms with Gasteiger partial charge >= 0.3 is 0 Å². The Hall–Kier alpha value is -2.71. The summed E-state index contributed by atoms with van der Waals surface area (Å²) >= 11 is 0. The normalized spacial score (nSPS) is 18.0. The highest BCUT2D eigenvalue weighted by Crippen LogP contribution is 2.19. The van der Waals surface area contributed by atoms with Crippen LogP contribution < -0.4 is 5.56 Å². The van der Waals surface area contributed by atoms with Gasteiger partial charge in [0, 0.05) is 24.7 Å². The standard InChI is InChI=1S/C21H24N4O/c1-5-7-17(22-6-2)10-8-16-9-11-18-19(12-16)23-20-14-24(4)13-15(3)25(20)21(18)26/h5,7,9,11-12,15H,6,13-14H2,1-4H3/b7-5-,22-17?. The fourth-order valence-electron chi connectivity index (χ4n) is 3.33. The highest BCUT2D eigenvalue weighted by molar-refractivity contribution is 6.09. The van der Waals surface area contributed by atoms with E-state index in [1.807, 2.05) is 55.8 Å². The Bertz CT molecular complexity index is 1000. The summed E-state index contributed by atoms with van der Waals surface area (Å²) in [5.41, 5.74) is 2.33. The predicted octanol–water partition coefficient (Wildman–Crippen LogP) is 2.79. The molecule has 0 saturated carbocycles. The van der Waals surface area contributed by atoms with E-state index >= 15 is 0 Å². The van der Waals surface area contributed by atoms with Gasteiger partial charge in [0.05, 0.1) is 17.4 Å². The summed E-state index contributed by atoms with van der Waals surface area (Å²) in [6.07, 6.45) is 3.83. The Balaban J connectivity index is 2.07. The number of hydrogen-bond donors (Lipinski definition) is 0. The molecule has 0 saturated heterocycles. The first-order chi connectivity index (χ1) is 12.5. The molecule has 1 unspecified atom stereocenters. The minimum absolute atomic E-state index is 0.0345. The van der Waals surface area contributed by atoms with Gasteiger partial charge in [0.25, 0.3) is 5.56 Å². The van der Waals surface area contributed by atoms with Crippen LogP contribution in [0.2, 0.25) is 0 Å². The number of nitrogens with zero attached hydrogens (tertiary/aromatic N) is 4. The number of allylic oxidation sites excluding steroid dienone is 2. The lowest BCUT2D eigenvalue weighted by atomic mass is 10.1. The molecule has 1 aliphatic rings. The molecular formula is C21H24N4O. The van der Waals surface area contributed by atoms with Gasteiger partial charge in [0.2, 0.25) is 0 Å². The van der Waals surface area contributed by atoms with Crippen molar-refractivity contribution in [1.29, 1.82) is 0 Å². The lowest BCUT2D eigenvalue weighted by Gasteiger charge is -2.31. The molecular weight excluding hydrogens is 324 g/mol. The van der Waals surface area contributed by atoms with Crippen LogP contribution in [-0.2, 0) is 6.54 Å². The SMILES string of the molecule is C/C=C\C(C#Cc1ccc2c(=O)n3c(nc2c1)CN(C)CC3C)=NCC. The van der Waals surface area contributed by atoms with E-state index in [1.165, 1.54) is 0 Å². The zero-order valence-electron chi connectivity index (χ0n) is 15.8. The van der Waals surface area contributed by atoms with Crippen molar-refractivity contribution in [3.8, 4) is 11.8 Å². The monoisotopic (exact) mass is 348 g/mol. The lowest BCUT2D eigenvalue weighted by molar-refractivity contribution is 0.222. The number of rotatable bonds is 2. The average Bonchev–Trinajstić information content (AvgIpc) is 2.59. The molecule has 0 spiro atoms. The van der Waals surface area contributed by atoms with Gasteiger partial charge in [-0.25, -0.2) is 4.98 Å². The summed E-state index contributed by atoms with van der Waals surface area (Å²) in [5, 5.41) is 0.645. The van der Waals surface area contributed by atoms with Crippen LogP contribution in [0.5, 0.6) is 0 Å². The number of aliphatic imine (C=N–C) groups is 1. The van der Waals surface area contributed by atoms with Crippen LogP contribution in [0.25, 0.3) is 10.9 Å². The smallest absolute Gasteiger partial charge is 0.261 e. The molecule has 0 aliphatic carbocycles. The quantitative estimate of drug-likeness (QED) is 0.619. The van der Waals surface area contributed by atoms with Crippen LogP contribution in [0.1, 0.15) is 38.2 Å². The third-order valence-corrected chi connectivity index (χ3v) is 4.39. The van der Waals surface area contributed by atoms with Crippen LogP contribution in [0.15, 0.2) is 40.1 Å². The Labute approximate surface area is 154 Å². The summed E-state index contributed by atoms with van der Waals surface area (Å²) in [6, 6.07) is 5.73. The van der Waals surface area contributed by atoms with Gasteiger partial charge in [0.1, 0.15) is 11.5 Å². The van der Waals surface area contributed by atoms with E-state index in [2.05, 4.69) is 28.7 Å². The lowest BCUT2D eigenvalue weighted by Crippen LogP contribution is -2.40. The van der Waals surface area contributed by atoms with Gasteiger partial charge in [-0.15, -0.1) is 0 Å². The number of likely N-dealkylation sites (N-methyl/N-ethyl adjacent to an activating group) is 1. The van der Waals surface area contributed by atoms with E-state index in [1.54, 1.807) is 0 Å². The fraction of sp³-hybridized carbons (Fsp3) is 0.381. The largest absolute Gasteiger partial charge is 0.297 e. The number of hydrogen-bond acceptors (Lipinski definition) is 4. The van der Waals surface area contributed by atoms with Crippen molar-refractivity contribution in [3.63, 3.8) is 0 Å². The molecule has 0 radical (unpaired) electrons. The minimum atomic E-state index is 0.0345. The van der Waals surface area contributed by atoms with Crippen molar-refractivity contribution >= 4 is 16.6 Å². The Morgan fingerprint density at radius 3 is 3.00 bits per heavy atom. The van der Waals surface area contributed by atoms with Crippen molar-refractivity contribution in [2.45, 2.75) is 33.4 Å². The van der Waals surface area contributed by atoms with Crippen LogP contribution >= 0.6 is 0 Å². The summed E-state index contributed by atoms with van der Waals surface area (Å²) in [6.45, 7) is 8.22. The van der Waals surface area contributed by atoms with E-state index in [-0.39, 0.29) is 11.6 Å². The fourth-order valence-corrected chi connectivity index (χ4v) is 3.33. The van der Waals surface area contributed by atoms with Crippen molar-refractivity contribution < 1.29 is 0 Å². The van der Waals surface area contributed by atoms with Gasteiger partial charge in [-0.3, -0.25) is 19.3 Å². The molecule has 0 fully saturated rings. The molecule has 26 heavy (non-hydrogen) atoms. The van der Waals surface area contributed by atoms with E-state index in [0.717, 1.165) is 23.6 Å². The first kappa shape index (κ1) is 18.1. The van der Waals surface area contributed by atoms with Crippen molar-refractivity contribution in [3.05, 3.63) is 52.1 Å². The first-order valence-electron chi connectivity index (χ1n) is 8.96. The van der Waals surface area contributed by atoms with Crippen molar-refractivity contribution in [2.75, 3.05) is 20.1 Å². The van der Waals surface area contributed by atoms with Gasteiger partial charge in [-0.1, -0.05) is 12.0 Å². The molecule has 0 N–H and O–H groups in total. The maximum Gasteiger partial charge on any atom is 0.261 e. The van der Waals surface area contributed by atoms with E-state index in [0.29, 0.717) is 24.0 Å². The molecule has 0 amide bonds. The van der Waals surface area contributed by atoms with Gasteiger partial charge < -0.3 is 0 Å². The molecule has 0 bridgehead atoms. The highest BCUT2D eigenvalue weighted by Gasteiger charge is 2.23. The molecule has 3 rings (SSSR count). The number of aromatic nitrogens is 2. The third-order valence-electron chi connectivity index (χ3n) is 4.39.